The topological polar surface area (TPSA) is 90.0 Å². The molecule has 1 aromatic heterocycles. The number of hydrogen-bond acceptors (Lipinski definition) is 3. The largest absolute Gasteiger partial charge is 0.419 e. The number of nitrogens with one attached hydrogen (secondary N) is 3. The van der Waals surface area contributed by atoms with Crippen LogP contribution in [-0.4, -0.2) is 33.3 Å². The first-order valence-electron chi connectivity index (χ1n) is 10.7. The molecule has 3 aromatic rings. The van der Waals surface area contributed by atoms with Crippen molar-refractivity contribution >= 4 is 17.1 Å². The number of amides is 2. The molecule has 0 saturated heterocycles. The Bertz CT molecular complexity index is 1090. The third kappa shape index (κ3) is 5.62. The van der Waals surface area contributed by atoms with E-state index in [1.807, 2.05) is 18.2 Å². The van der Waals surface area contributed by atoms with E-state index in [9.17, 15) is 27.5 Å². The number of H-pyrrole nitrogens is 1. The molecule has 1 heterocycles. The number of aliphatic hydroxyl groups excluding tert-OH is 1. The number of aliphatic hydroxyl groups is 1. The van der Waals surface area contributed by atoms with Gasteiger partial charge in [0.2, 0.25) is 0 Å². The van der Waals surface area contributed by atoms with Crippen LogP contribution in [0.3, 0.4) is 0 Å². The smallest absolute Gasteiger partial charge is 0.393 e. The molecule has 1 saturated carbocycles. The van der Waals surface area contributed by atoms with E-state index in [4.69, 9.17) is 0 Å². The first kappa shape index (κ1) is 23.0. The van der Waals surface area contributed by atoms with Gasteiger partial charge >= 0.3 is 12.2 Å². The highest BCUT2D eigenvalue weighted by Crippen LogP contribution is 2.32. The molecule has 0 unspecified atom stereocenters. The maximum Gasteiger partial charge on any atom is 0.419 e. The van der Waals surface area contributed by atoms with Crippen LogP contribution in [0.1, 0.15) is 48.7 Å². The lowest BCUT2D eigenvalue weighted by Gasteiger charge is -2.27. The third-order valence-corrected chi connectivity index (χ3v) is 5.85. The standard InChI is InChI=1S/C23H24F4N4O2/c24-17-11-13(5-10-16(17)23(25,26)27)12-20(21-29-18-3-1-2-4-19(18)30-21)31-22(33)28-14-6-8-15(32)9-7-14/h1-5,10-11,14-15,20,32H,6-9,12H2,(H,29,30)(H2,28,31,33)/t14-,15-,20-/m1/s1. The number of benzene rings is 2. The number of aromatic amines is 1. The van der Waals surface area contributed by atoms with Gasteiger partial charge in [-0.25, -0.2) is 14.2 Å². The Balaban J connectivity index is 1.55. The summed E-state index contributed by atoms with van der Waals surface area (Å²) >= 11 is 0. The van der Waals surface area contributed by atoms with E-state index in [2.05, 4.69) is 20.6 Å². The number of nitrogens with zero attached hydrogens (tertiary/aromatic N) is 1. The highest BCUT2D eigenvalue weighted by atomic mass is 19.4. The van der Waals surface area contributed by atoms with Crippen LogP contribution in [0.5, 0.6) is 0 Å². The monoisotopic (exact) mass is 464 g/mol. The Labute approximate surface area is 187 Å². The number of hydrogen-bond donors (Lipinski definition) is 4. The predicted molar refractivity (Wildman–Crippen MR) is 114 cm³/mol. The molecule has 0 spiro atoms. The van der Waals surface area contributed by atoms with Crippen LogP contribution in [0, 0.1) is 5.82 Å². The van der Waals surface area contributed by atoms with Crippen molar-refractivity contribution in [3.63, 3.8) is 0 Å². The Morgan fingerprint density at radius 3 is 2.55 bits per heavy atom. The average Bonchev–Trinajstić information content (AvgIpc) is 3.18. The highest BCUT2D eigenvalue weighted by Gasteiger charge is 2.34. The minimum atomic E-state index is -4.79. The maximum atomic E-state index is 14.1. The zero-order valence-corrected chi connectivity index (χ0v) is 17.6. The number of carbonyl (C=O) groups excluding carboxylic acids is 1. The fourth-order valence-corrected chi connectivity index (χ4v) is 4.11. The number of halogens is 4. The fourth-order valence-electron chi connectivity index (χ4n) is 4.11. The van der Waals surface area contributed by atoms with Crippen LogP contribution in [-0.2, 0) is 12.6 Å². The normalized spacial score (nSPS) is 19.9. The van der Waals surface area contributed by atoms with Crippen molar-refractivity contribution in [1.29, 1.82) is 0 Å². The SMILES string of the molecule is O=C(N[C@H](Cc1ccc(C(F)(F)F)c(F)c1)c1nc2ccccc2[nH]1)N[C@H]1CC[C@H](O)CC1. The van der Waals surface area contributed by atoms with Crippen molar-refractivity contribution < 1.29 is 27.5 Å². The van der Waals surface area contributed by atoms with E-state index in [0.29, 0.717) is 43.1 Å². The Morgan fingerprint density at radius 2 is 1.88 bits per heavy atom. The van der Waals surface area contributed by atoms with Crippen molar-refractivity contribution in [2.75, 3.05) is 0 Å². The number of rotatable bonds is 5. The summed E-state index contributed by atoms with van der Waals surface area (Å²) in [5, 5.41) is 15.3. The summed E-state index contributed by atoms with van der Waals surface area (Å²) < 4.78 is 52.8. The Kier molecular flexibility index (Phi) is 6.55. The van der Waals surface area contributed by atoms with Crippen LogP contribution in [0.2, 0.25) is 0 Å². The zero-order valence-electron chi connectivity index (χ0n) is 17.6. The molecular weight excluding hydrogens is 440 g/mol. The van der Waals surface area contributed by atoms with E-state index in [1.165, 1.54) is 6.07 Å². The molecule has 4 N–H and O–H groups in total. The number of fused-ring (bicyclic) bond motifs is 1. The second-order valence-corrected chi connectivity index (χ2v) is 8.33. The second-order valence-electron chi connectivity index (χ2n) is 8.33. The Hall–Kier alpha value is -3.14. The molecule has 2 amide bonds. The van der Waals surface area contributed by atoms with Crippen LogP contribution in [0.15, 0.2) is 42.5 Å². The molecule has 2 aromatic carbocycles. The van der Waals surface area contributed by atoms with E-state index in [-0.39, 0.29) is 24.1 Å². The molecule has 6 nitrogen and oxygen atoms in total. The molecule has 0 bridgehead atoms. The molecule has 10 heteroatoms. The van der Waals surface area contributed by atoms with Crippen LogP contribution in [0.4, 0.5) is 22.4 Å². The first-order chi connectivity index (χ1) is 15.7. The van der Waals surface area contributed by atoms with E-state index in [1.54, 1.807) is 6.07 Å². The van der Waals surface area contributed by atoms with Gasteiger partial charge in [0.15, 0.2) is 0 Å². The zero-order chi connectivity index (χ0) is 23.6. The molecule has 1 aliphatic rings. The number of para-hydroxylation sites is 2. The molecule has 1 atom stereocenters. The second kappa shape index (κ2) is 9.38. The van der Waals surface area contributed by atoms with Crippen LogP contribution >= 0.6 is 0 Å². The van der Waals surface area contributed by atoms with Crippen molar-refractivity contribution in [3.8, 4) is 0 Å². The number of imidazole rings is 1. The quantitative estimate of drug-likeness (QED) is 0.416. The van der Waals surface area contributed by atoms with Gasteiger partial charge in [-0.15, -0.1) is 0 Å². The Morgan fingerprint density at radius 1 is 1.15 bits per heavy atom. The number of urea groups is 1. The van der Waals surface area contributed by atoms with Crippen molar-refractivity contribution in [3.05, 3.63) is 65.2 Å². The lowest BCUT2D eigenvalue weighted by Crippen LogP contribution is -2.45. The number of aromatic nitrogens is 2. The molecule has 4 rings (SSSR count). The molecule has 33 heavy (non-hydrogen) atoms. The van der Waals surface area contributed by atoms with E-state index >= 15 is 0 Å². The molecule has 1 aliphatic carbocycles. The van der Waals surface area contributed by atoms with Crippen molar-refractivity contribution in [2.45, 2.75) is 56.5 Å². The van der Waals surface area contributed by atoms with Crippen molar-refractivity contribution in [1.82, 2.24) is 20.6 Å². The van der Waals surface area contributed by atoms with Gasteiger partial charge in [-0.1, -0.05) is 18.2 Å². The molecule has 0 aliphatic heterocycles. The first-order valence-corrected chi connectivity index (χ1v) is 10.7. The number of alkyl halides is 3. The highest BCUT2D eigenvalue weighted by molar-refractivity contribution is 5.76. The summed E-state index contributed by atoms with van der Waals surface area (Å²) in [6, 6.07) is 8.68. The summed E-state index contributed by atoms with van der Waals surface area (Å²) in [5.41, 5.74) is 0.350. The molecule has 0 radical (unpaired) electrons. The van der Waals surface area contributed by atoms with Gasteiger partial charge in [0.25, 0.3) is 0 Å². The average molecular weight is 464 g/mol. The predicted octanol–water partition coefficient (Wildman–Crippen LogP) is 4.61. The summed E-state index contributed by atoms with van der Waals surface area (Å²) in [4.78, 5) is 20.3. The van der Waals surface area contributed by atoms with E-state index in [0.717, 1.165) is 11.6 Å². The van der Waals surface area contributed by atoms with Gasteiger partial charge in [0, 0.05) is 12.5 Å². The lowest BCUT2D eigenvalue weighted by atomic mass is 9.93. The van der Waals surface area contributed by atoms with Crippen LogP contribution in [0.25, 0.3) is 11.0 Å². The third-order valence-electron chi connectivity index (χ3n) is 5.85. The van der Waals surface area contributed by atoms with Gasteiger partial charge in [-0.3, -0.25) is 0 Å². The van der Waals surface area contributed by atoms with Gasteiger partial charge in [0.05, 0.1) is 28.7 Å². The number of carbonyl (C=O) groups is 1. The van der Waals surface area contributed by atoms with Gasteiger partial charge in [-0.2, -0.15) is 13.2 Å². The summed E-state index contributed by atoms with van der Waals surface area (Å²) in [6.07, 6.45) is -2.62. The van der Waals surface area contributed by atoms with Crippen LogP contribution < -0.4 is 10.6 Å². The fraction of sp³-hybridized carbons (Fsp3) is 0.391. The molecular formula is C23H24F4N4O2. The lowest BCUT2D eigenvalue weighted by molar-refractivity contribution is -0.140. The summed E-state index contributed by atoms with van der Waals surface area (Å²) in [7, 11) is 0. The summed E-state index contributed by atoms with van der Waals surface area (Å²) in [6.45, 7) is 0. The minimum Gasteiger partial charge on any atom is -0.393 e. The summed E-state index contributed by atoms with van der Waals surface area (Å²) in [5.74, 6) is -0.959. The van der Waals surface area contributed by atoms with Crippen molar-refractivity contribution in [2.24, 2.45) is 0 Å². The molecule has 176 valence electrons. The van der Waals surface area contributed by atoms with Gasteiger partial charge in [0.1, 0.15) is 11.6 Å². The van der Waals surface area contributed by atoms with Gasteiger partial charge in [-0.05, 0) is 55.5 Å². The van der Waals surface area contributed by atoms with E-state index < -0.39 is 29.6 Å². The molecule has 1 fully saturated rings. The minimum absolute atomic E-state index is 0.0334. The van der Waals surface area contributed by atoms with Gasteiger partial charge < -0.3 is 20.7 Å². The maximum absolute atomic E-state index is 14.1.